The van der Waals surface area contributed by atoms with Crippen LogP contribution in [0.3, 0.4) is 0 Å². The average Bonchev–Trinajstić information content (AvgIpc) is 2.00. The molecule has 0 aromatic rings. The van der Waals surface area contributed by atoms with E-state index < -0.39 is 0 Å². The lowest BCUT2D eigenvalue weighted by atomic mass is 9.60. The minimum atomic E-state index is 0.873. The van der Waals surface area contributed by atoms with Gasteiger partial charge in [-0.05, 0) is 68.2 Å². The number of hydrogen-bond acceptors (Lipinski definition) is 1. The minimum absolute atomic E-state index is 0.873. The predicted molar refractivity (Wildman–Crippen MR) is 60.9 cm³/mol. The summed E-state index contributed by atoms with van der Waals surface area (Å²) in [6.07, 6.45) is 7.28. The summed E-state index contributed by atoms with van der Waals surface area (Å²) < 4.78 is 0. The van der Waals surface area contributed by atoms with E-state index in [-0.39, 0.29) is 0 Å². The van der Waals surface area contributed by atoms with Gasteiger partial charge in [0, 0.05) is 0 Å². The molecule has 82 valence electrons. The first-order chi connectivity index (χ1) is 6.70. The fraction of sp³-hybridized carbons (Fsp3) is 1.00. The molecule has 1 nitrogen and oxygen atoms in total. The van der Waals surface area contributed by atoms with E-state index in [1.807, 2.05) is 0 Å². The van der Waals surface area contributed by atoms with Crippen LogP contribution < -0.4 is 5.73 Å². The Kier molecular flexibility index (Phi) is 3.16. The number of nitrogens with two attached hydrogens (primary N) is 1. The maximum Gasteiger partial charge on any atom is -0.00461 e. The van der Waals surface area contributed by atoms with E-state index in [4.69, 9.17) is 5.73 Å². The lowest BCUT2D eigenvalue weighted by Gasteiger charge is -2.45. The summed E-state index contributed by atoms with van der Waals surface area (Å²) in [5.74, 6) is 4.80. The molecular weight excluding hydrogens is 170 g/mol. The van der Waals surface area contributed by atoms with Crippen molar-refractivity contribution >= 4 is 0 Å². The van der Waals surface area contributed by atoms with Crippen LogP contribution in [0.25, 0.3) is 0 Å². The highest BCUT2D eigenvalue weighted by Gasteiger charge is 2.38. The summed E-state index contributed by atoms with van der Waals surface area (Å²) in [5.41, 5.74) is 5.80. The normalized spacial score (nSPS) is 48.6. The molecule has 2 aliphatic carbocycles. The van der Waals surface area contributed by atoms with Crippen LogP contribution in [0.2, 0.25) is 0 Å². The molecule has 1 heteroatoms. The van der Waals surface area contributed by atoms with E-state index >= 15 is 0 Å². The highest BCUT2D eigenvalue weighted by molar-refractivity contribution is 4.89. The van der Waals surface area contributed by atoms with Crippen molar-refractivity contribution in [3.63, 3.8) is 0 Å². The quantitative estimate of drug-likeness (QED) is 0.720. The summed E-state index contributed by atoms with van der Waals surface area (Å²) in [6.45, 7) is 5.79. The molecule has 2 fully saturated rings. The molecule has 14 heavy (non-hydrogen) atoms. The van der Waals surface area contributed by atoms with Gasteiger partial charge in [-0.25, -0.2) is 0 Å². The number of rotatable bonds is 2. The third-order valence-corrected chi connectivity index (χ3v) is 4.60. The van der Waals surface area contributed by atoms with Crippen LogP contribution in [0, 0.1) is 29.6 Å². The molecule has 0 heterocycles. The van der Waals surface area contributed by atoms with Gasteiger partial charge in [-0.2, -0.15) is 0 Å². The van der Waals surface area contributed by atoms with E-state index in [0.29, 0.717) is 0 Å². The monoisotopic (exact) mass is 195 g/mol. The second kappa shape index (κ2) is 4.22. The van der Waals surface area contributed by atoms with Crippen molar-refractivity contribution in [2.75, 3.05) is 6.54 Å². The highest BCUT2D eigenvalue weighted by Crippen LogP contribution is 2.47. The van der Waals surface area contributed by atoms with Gasteiger partial charge in [-0.1, -0.05) is 13.8 Å². The summed E-state index contributed by atoms with van der Waals surface area (Å²) >= 11 is 0. The molecule has 2 rings (SSSR count). The molecule has 2 saturated carbocycles. The standard InChI is InChI=1S/C13H25N/c1-9-5-10(2)7-12(6-9)13-4-3-11(13)8-14/h9-13H,3-8,14H2,1-2H3. The molecule has 0 amide bonds. The molecule has 0 aromatic carbocycles. The summed E-state index contributed by atoms with van der Waals surface area (Å²) in [5, 5.41) is 0. The first-order valence-electron chi connectivity index (χ1n) is 6.40. The SMILES string of the molecule is CC1CC(C)CC(C2CCC2CN)C1. The van der Waals surface area contributed by atoms with Crippen molar-refractivity contribution in [1.82, 2.24) is 0 Å². The van der Waals surface area contributed by atoms with Gasteiger partial charge in [-0.15, -0.1) is 0 Å². The van der Waals surface area contributed by atoms with E-state index in [1.54, 1.807) is 0 Å². The third kappa shape index (κ3) is 1.98. The smallest absolute Gasteiger partial charge is 0.00461 e. The Hall–Kier alpha value is -0.0400. The van der Waals surface area contributed by atoms with E-state index in [0.717, 1.165) is 36.1 Å². The average molecular weight is 195 g/mol. The zero-order valence-electron chi connectivity index (χ0n) is 9.71. The Bertz CT molecular complexity index is 178. The Morgan fingerprint density at radius 2 is 1.64 bits per heavy atom. The lowest BCUT2D eigenvalue weighted by molar-refractivity contribution is 0.0543. The fourth-order valence-corrected chi connectivity index (χ4v) is 3.87. The van der Waals surface area contributed by atoms with Gasteiger partial charge in [0.25, 0.3) is 0 Å². The van der Waals surface area contributed by atoms with Crippen LogP contribution in [-0.4, -0.2) is 6.54 Å². The minimum Gasteiger partial charge on any atom is -0.330 e. The molecule has 0 bridgehead atoms. The van der Waals surface area contributed by atoms with Gasteiger partial charge in [0.15, 0.2) is 0 Å². The zero-order valence-corrected chi connectivity index (χ0v) is 9.71. The maximum atomic E-state index is 5.80. The Morgan fingerprint density at radius 1 is 1.00 bits per heavy atom. The molecule has 4 atom stereocenters. The first-order valence-corrected chi connectivity index (χ1v) is 6.40. The van der Waals surface area contributed by atoms with Crippen molar-refractivity contribution in [2.24, 2.45) is 35.3 Å². The van der Waals surface area contributed by atoms with Gasteiger partial charge in [-0.3, -0.25) is 0 Å². The van der Waals surface area contributed by atoms with Crippen molar-refractivity contribution < 1.29 is 0 Å². The van der Waals surface area contributed by atoms with Crippen molar-refractivity contribution in [2.45, 2.75) is 46.0 Å². The predicted octanol–water partition coefficient (Wildman–Crippen LogP) is 3.04. The van der Waals surface area contributed by atoms with Gasteiger partial charge in [0.1, 0.15) is 0 Å². The van der Waals surface area contributed by atoms with Crippen LogP contribution in [0.1, 0.15) is 46.0 Å². The zero-order chi connectivity index (χ0) is 10.1. The second-order valence-corrected chi connectivity index (χ2v) is 5.91. The number of hydrogen-bond donors (Lipinski definition) is 1. The van der Waals surface area contributed by atoms with Crippen LogP contribution in [0.15, 0.2) is 0 Å². The van der Waals surface area contributed by atoms with E-state index in [2.05, 4.69) is 13.8 Å². The van der Waals surface area contributed by atoms with Gasteiger partial charge >= 0.3 is 0 Å². The summed E-state index contributed by atoms with van der Waals surface area (Å²) in [4.78, 5) is 0. The molecular formula is C13H25N. The molecule has 0 aromatic heterocycles. The Balaban J connectivity index is 1.90. The lowest BCUT2D eigenvalue weighted by Crippen LogP contribution is -2.40. The molecule has 2 aliphatic rings. The van der Waals surface area contributed by atoms with E-state index in [9.17, 15) is 0 Å². The van der Waals surface area contributed by atoms with Gasteiger partial charge < -0.3 is 5.73 Å². The van der Waals surface area contributed by atoms with E-state index in [1.165, 1.54) is 32.1 Å². The van der Waals surface area contributed by atoms with Crippen molar-refractivity contribution in [1.29, 1.82) is 0 Å². The first kappa shape index (κ1) is 10.5. The second-order valence-electron chi connectivity index (χ2n) is 5.91. The van der Waals surface area contributed by atoms with Gasteiger partial charge in [0.2, 0.25) is 0 Å². The van der Waals surface area contributed by atoms with Crippen molar-refractivity contribution in [3.8, 4) is 0 Å². The fourth-order valence-electron chi connectivity index (χ4n) is 3.87. The highest BCUT2D eigenvalue weighted by atomic mass is 14.6. The molecule has 0 saturated heterocycles. The summed E-state index contributed by atoms with van der Waals surface area (Å²) in [7, 11) is 0. The van der Waals surface area contributed by atoms with Crippen LogP contribution in [0.5, 0.6) is 0 Å². The topological polar surface area (TPSA) is 26.0 Å². The third-order valence-electron chi connectivity index (χ3n) is 4.60. The maximum absolute atomic E-state index is 5.80. The van der Waals surface area contributed by atoms with Crippen molar-refractivity contribution in [3.05, 3.63) is 0 Å². The van der Waals surface area contributed by atoms with Crippen LogP contribution in [0.4, 0.5) is 0 Å². The molecule has 0 spiro atoms. The Labute approximate surface area is 88.4 Å². The largest absolute Gasteiger partial charge is 0.330 e. The molecule has 0 aliphatic heterocycles. The Morgan fingerprint density at radius 3 is 2.07 bits per heavy atom. The van der Waals surface area contributed by atoms with Crippen LogP contribution in [-0.2, 0) is 0 Å². The van der Waals surface area contributed by atoms with Gasteiger partial charge in [0.05, 0.1) is 0 Å². The molecule has 2 N–H and O–H groups in total. The summed E-state index contributed by atoms with van der Waals surface area (Å²) in [6, 6.07) is 0. The molecule has 0 radical (unpaired) electrons. The molecule has 4 unspecified atom stereocenters. The van der Waals surface area contributed by atoms with Crippen LogP contribution >= 0.6 is 0 Å².